The Kier molecular flexibility index (Phi) is 4.15. The van der Waals surface area contributed by atoms with Gasteiger partial charge in [-0.3, -0.25) is 4.79 Å². The Bertz CT molecular complexity index is 1200. The first-order chi connectivity index (χ1) is 13.3. The second-order valence-electron chi connectivity index (χ2n) is 5.99. The summed E-state index contributed by atoms with van der Waals surface area (Å²) in [6.07, 6.45) is -1.37. The van der Waals surface area contributed by atoms with E-state index < -0.39 is 17.6 Å². The van der Waals surface area contributed by atoms with Crippen LogP contribution in [0.5, 0.6) is 0 Å². The number of hydrogen-bond acceptors (Lipinski definition) is 5. The molecule has 0 unspecified atom stereocenters. The molecule has 0 saturated heterocycles. The first-order valence-electron chi connectivity index (χ1n) is 8.02. The van der Waals surface area contributed by atoms with E-state index in [0.29, 0.717) is 16.1 Å². The first kappa shape index (κ1) is 18.1. The number of alkyl halides is 3. The third-order valence-electron chi connectivity index (χ3n) is 4.19. The van der Waals surface area contributed by atoms with Crippen LogP contribution in [0.25, 0.3) is 27.6 Å². The highest BCUT2D eigenvalue weighted by Gasteiger charge is 2.31. The lowest BCUT2D eigenvalue weighted by molar-refractivity contribution is -0.137. The zero-order valence-corrected chi connectivity index (χ0v) is 15.2. The van der Waals surface area contributed by atoms with Crippen molar-refractivity contribution in [1.82, 2.24) is 19.5 Å². The Hall–Kier alpha value is -3.27. The van der Waals surface area contributed by atoms with Crippen LogP contribution in [-0.2, 0) is 6.18 Å². The minimum absolute atomic E-state index is 0.0372. The van der Waals surface area contributed by atoms with E-state index in [2.05, 4.69) is 15.0 Å². The second-order valence-corrected chi connectivity index (χ2v) is 6.88. The molecule has 0 aliphatic rings. The van der Waals surface area contributed by atoms with Gasteiger partial charge in [0.05, 0.1) is 16.8 Å². The van der Waals surface area contributed by atoms with Gasteiger partial charge in [-0.15, -0.1) is 11.3 Å². The van der Waals surface area contributed by atoms with E-state index >= 15 is 0 Å². The van der Waals surface area contributed by atoms with Gasteiger partial charge in [-0.25, -0.2) is 15.0 Å². The van der Waals surface area contributed by atoms with Crippen molar-refractivity contribution in [2.24, 2.45) is 5.73 Å². The quantitative estimate of drug-likeness (QED) is 0.561. The van der Waals surface area contributed by atoms with E-state index in [4.69, 9.17) is 5.73 Å². The van der Waals surface area contributed by atoms with Gasteiger partial charge in [-0.2, -0.15) is 13.2 Å². The third kappa shape index (κ3) is 3.01. The summed E-state index contributed by atoms with van der Waals surface area (Å²) in [5.41, 5.74) is 5.31. The molecule has 0 aliphatic heterocycles. The number of fused-ring (bicyclic) bond motifs is 1. The fraction of sp³-hybridized carbons (Fsp3) is 0.111. The number of carbonyl (C=O) groups is 1. The minimum Gasteiger partial charge on any atom is -0.365 e. The summed E-state index contributed by atoms with van der Waals surface area (Å²) in [5.74, 6) is -0.395. The number of aromatic nitrogens is 4. The topological polar surface area (TPSA) is 86.7 Å². The fourth-order valence-corrected chi connectivity index (χ4v) is 3.51. The number of carbonyl (C=O) groups excluding carboxylic acids is 1. The highest BCUT2D eigenvalue weighted by molar-refractivity contribution is 7.13. The highest BCUT2D eigenvalue weighted by Crippen LogP contribution is 2.33. The van der Waals surface area contributed by atoms with Crippen molar-refractivity contribution in [2.45, 2.75) is 13.1 Å². The Morgan fingerprint density at radius 2 is 2.00 bits per heavy atom. The molecular weight excluding hydrogens is 391 g/mol. The van der Waals surface area contributed by atoms with Gasteiger partial charge < -0.3 is 10.3 Å². The van der Waals surface area contributed by atoms with E-state index in [-0.39, 0.29) is 22.7 Å². The summed E-state index contributed by atoms with van der Waals surface area (Å²) in [4.78, 5) is 24.9. The van der Waals surface area contributed by atoms with Crippen LogP contribution in [0.3, 0.4) is 0 Å². The molecule has 0 fully saturated rings. The van der Waals surface area contributed by atoms with Crippen LogP contribution < -0.4 is 5.73 Å². The smallest absolute Gasteiger partial charge is 0.365 e. The lowest BCUT2D eigenvalue weighted by Crippen LogP contribution is -2.19. The van der Waals surface area contributed by atoms with Gasteiger partial charge >= 0.3 is 6.18 Å². The Labute approximate surface area is 160 Å². The Morgan fingerprint density at radius 1 is 1.21 bits per heavy atom. The highest BCUT2D eigenvalue weighted by atomic mass is 32.1. The lowest BCUT2D eigenvalue weighted by atomic mass is 10.1. The molecule has 3 aromatic heterocycles. The standard InChI is InChI=1S/C18H12F3N5OS/c1-9-13(14(22)27)16(25-15(24-9)17-23-5-7-28-17)26-6-4-10-2-3-11(8-12(10)26)18(19,20)21/h2-8H,1H3,(H2,22,27). The van der Waals surface area contributed by atoms with Gasteiger partial charge in [0.2, 0.25) is 0 Å². The molecule has 142 valence electrons. The summed E-state index contributed by atoms with van der Waals surface area (Å²) in [5, 5.41) is 2.83. The average molecular weight is 403 g/mol. The fourth-order valence-electron chi connectivity index (χ4n) is 2.94. The molecule has 0 radical (unpaired) electrons. The van der Waals surface area contributed by atoms with Crippen LogP contribution in [-0.4, -0.2) is 25.4 Å². The zero-order chi connectivity index (χ0) is 20.1. The number of aryl methyl sites for hydroxylation is 1. The molecule has 1 aromatic carbocycles. The van der Waals surface area contributed by atoms with Crippen molar-refractivity contribution in [2.75, 3.05) is 0 Å². The van der Waals surface area contributed by atoms with Gasteiger partial charge in [0.15, 0.2) is 16.6 Å². The predicted molar refractivity (Wildman–Crippen MR) is 98.2 cm³/mol. The summed E-state index contributed by atoms with van der Waals surface area (Å²) in [7, 11) is 0. The van der Waals surface area contributed by atoms with Crippen LogP contribution in [0.1, 0.15) is 21.6 Å². The Balaban J connectivity index is 2.01. The van der Waals surface area contributed by atoms with Gasteiger partial charge in [0.25, 0.3) is 5.91 Å². The number of rotatable bonds is 3. The summed E-state index contributed by atoms with van der Waals surface area (Å²) >= 11 is 1.30. The van der Waals surface area contributed by atoms with E-state index in [1.54, 1.807) is 30.8 Å². The molecule has 4 aromatic rings. The SMILES string of the molecule is Cc1nc(-c2nccs2)nc(-n2ccc3ccc(C(F)(F)F)cc32)c1C(N)=O. The molecule has 4 rings (SSSR count). The number of hydrogen-bond donors (Lipinski definition) is 1. The summed E-state index contributed by atoms with van der Waals surface area (Å²) in [6, 6.07) is 5.03. The number of primary amides is 1. The molecule has 3 heterocycles. The zero-order valence-electron chi connectivity index (χ0n) is 14.4. The number of benzene rings is 1. The molecule has 1 amide bonds. The predicted octanol–water partition coefficient (Wildman–Crippen LogP) is 3.97. The monoisotopic (exact) mass is 403 g/mol. The largest absolute Gasteiger partial charge is 0.416 e. The van der Waals surface area contributed by atoms with Crippen LogP contribution >= 0.6 is 11.3 Å². The molecule has 6 nitrogen and oxygen atoms in total. The molecule has 0 aliphatic carbocycles. The molecule has 28 heavy (non-hydrogen) atoms. The maximum absolute atomic E-state index is 13.2. The average Bonchev–Trinajstić information content (AvgIpc) is 3.29. The van der Waals surface area contributed by atoms with Crippen LogP contribution in [0, 0.1) is 6.92 Å². The van der Waals surface area contributed by atoms with E-state index in [0.717, 1.165) is 12.1 Å². The minimum atomic E-state index is -4.50. The number of thiazole rings is 1. The Morgan fingerprint density at radius 3 is 2.64 bits per heavy atom. The molecule has 0 saturated carbocycles. The second kappa shape index (κ2) is 6.41. The van der Waals surface area contributed by atoms with Crippen molar-refractivity contribution < 1.29 is 18.0 Å². The van der Waals surface area contributed by atoms with Crippen LogP contribution in [0.2, 0.25) is 0 Å². The first-order valence-corrected chi connectivity index (χ1v) is 8.90. The molecule has 0 spiro atoms. The summed E-state index contributed by atoms with van der Waals surface area (Å²) in [6.45, 7) is 1.59. The lowest BCUT2D eigenvalue weighted by Gasteiger charge is -2.13. The molecular formula is C18H12F3N5OS. The third-order valence-corrected chi connectivity index (χ3v) is 4.96. The molecule has 0 atom stereocenters. The van der Waals surface area contributed by atoms with Crippen molar-refractivity contribution in [3.63, 3.8) is 0 Å². The number of nitrogens with zero attached hydrogens (tertiary/aromatic N) is 4. The maximum Gasteiger partial charge on any atom is 0.416 e. The number of halogens is 3. The van der Waals surface area contributed by atoms with Crippen LogP contribution in [0.15, 0.2) is 42.0 Å². The van der Waals surface area contributed by atoms with Crippen molar-refractivity contribution >= 4 is 28.1 Å². The molecule has 0 bridgehead atoms. The van der Waals surface area contributed by atoms with E-state index in [1.807, 2.05) is 0 Å². The van der Waals surface area contributed by atoms with Crippen molar-refractivity contribution in [3.8, 4) is 16.6 Å². The van der Waals surface area contributed by atoms with Gasteiger partial charge in [0, 0.05) is 23.2 Å². The molecule has 2 N–H and O–H groups in total. The molecule has 10 heteroatoms. The van der Waals surface area contributed by atoms with Gasteiger partial charge in [0.1, 0.15) is 5.56 Å². The summed E-state index contributed by atoms with van der Waals surface area (Å²) < 4.78 is 40.9. The van der Waals surface area contributed by atoms with E-state index in [1.165, 1.54) is 22.0 Å². The van der Waals surface area contributed by atoms with Crippen molar-refractivity contribution in [1.29, 1.82) is 0 Å². The van der Waals surface area contributed by atoms with Gasteiger partial charge in [-0.1, -0.05) is 6.07 Å². The number of amides is 1. The van der Waals surface area contributed by atoms with E-state index in [9.17, 15) is 18.0 Å². The van der Waals surface area contributed by atoms with Crippen molar-refractivity contribution in [3.05, 3.63) is 58.9 Å². The van der Waals surface area contributed by atoms with Crippen LogP contribution in [0.4, 0.5) is 13.2 Å². The maximum atomic E-state index is 13.2. The van der Waals surface area contributed by atoms with Gasteiger partial charge in [-0.05, 0) is 25.1 Å². The number of nitrogens with two attached hydrogens (primary N) is 1. The normalized spacial score (nSPS) is 11.9.